The summed E-state index contributed by atoms with van der Waals surface area (Å²) >= 11 is 0. The minimum Gasteiger partial charge on any atom is -0.313 e. The van der Waals surface area contributed by atoms with Crippen LogP contribution in [0.3, 0.4) is 0 Å². The second-order valence-electron chi connectivity index (χ2n) is 3.95. The molecule has 8 heteroatoms. The maximum Gasteiger partial charge on any atom is 0.165 e. The molecule has 7 nitrogen and oxygen atoms in total. The van der Waals surface area contributed by atoms with Crippen LogP contribution in [-0.4, -0.2) is 47.2 Å². The summed E-state index contributed by atoms with van der Waals surface area (Å²) in [7, 11) is -1.01. The standard InChI is InChI=1S/C8H15N5O2S/c1-9-6-8-10-11-12-13(8)7-2-4-16(14,15)5-3-7/h7,9H,2-6H2,1H3. The molecule has 1 aromatic rings. The average molecular weight is 245 g/mol. The summed E-state index contributed by atoms with van der Waals surface area (Å²) in [6.07, 6.45) is 1.20. The van der Waals surface area contributed by atoms with Gasteiger partial charge in [0.1, 0.15) is 9.84 Å². The molecule has 90 valence electrons. The third kappa shape index (κ3) is 2.38. The van der Waals surface area contributed by atoms with Crippen molar-refractivity contribution < 1.29 is 8.42 Å². The first kappa shape index (κ1) is 11.5. The van der Waals surface area contributed by atoms with E-state index < -0.39 is 9.84 Å². The van der Waals surface area contributed by atoms with Gasteiger partial charge in [0.05, 0.1) is 24.1 Å². The van der Waals surface area contributed by atoms with Crippen LogP contribution >= 0.6 is 0 Å². The molecular weight excluding hydrogens is 230 g/mol. The minimum absolute atomic E-state index is 0.113. The minimum atomic E-state index is -2.83. The second kappa shape index (κ2) is 4.46. The lowest BCUT2D eigenvalue weighted by molar-refractivity contribution is 0.390. The van der Waals surface area contributed by atoms with Gasteiger partial charge in [0.2, 0.25) is 0 Å². The van der Waals surface area contributed by atoms with E-state index in [0.29, 0.717) is 19.4 Å². The molecule has 16 heavy (non-hydrogen) atoms. The Bertz CT molecular complexity index is 441. The molecule has 0 atom stereocenters. The monoisotopic (exact) mass is 245 g/mol. The van der Waals surface area contributed by atoms with Gasteiger partial charge < -0.3 is 5.32 Å². The number of nitrogens with zero attached hydrogens (tertiary/aromatic N) is 4. The third-order valence-electron chi connectivity index (χ3n) is 2.77. The molecule has 0 radical (unpaired) electrons. The normalized spacial score (nSPS) is 21.1. The van der Waals surface area contributed by atoms with Crippen molar-refractivity contribution in [3.63, 3.8) is 0 Å². The van der Waals surface area contributed by atoms with E-state index in [1.54, 1.807) is 4.68 Å². The van der Waals surface area contributed by atoms with Crippen molar-refractivity contribution in [2.75, 3.05) is 18.6 Å². The molecule has 1 aliphatic heterocycles. The fourth-order valence-corrected chi connectivity index (χ4v) is 3.36. The summed E-state index contributed by atoms with van der Waals surface area (Å²) in [5.74, 6) is 1.22. The van der Waals surface area contributed by atoms with Gasteiger partial charge in [-0.2, -0.15) is 0 Å². The van der Waals surface area contributed by atoms with Crippen LogP contribution in [0.15, 0.2) is 0 Å². The first-order valence-electron chi connectivity index (χ1n) is 5.24. The molecule has 1 aliphatic rings. The van der Waals surface area contributed by atoms with Crippen molar-refractivity contribution in [1.29, 1.82) is 0 Å². The summed E-state index contributed by atoms with van der Waals surface area (Å²) in [6.45, 7) is 0.594. The van der Waals surface area contributed by atoms with Crippen LogP contribution in [0.25, 0.3) is 0 Å². The van der Waals surface area contributed by atoms with Crippen LogP contribution in [0.2, 0.25) is 0 Å². The molecule has 0 aliphatic carbocycles. The lowest BCUT2D eigenvalue weighted by Gasteiger charge is -2.22. The van der Waals surface area contributed by atoms with Crippen LogP contribution < -0.4 is 5.32 Å². The summed E-state index contributed by atoms with van der Waals surface area (Å²) in [5.41, 5.74) is 0. The zero-order valence-electron chi connectivity index (χ0n) is 9.13. The summed E-state index contributed by atoms with van der Waals surface area (Å²) in [4.78, 5) is 0. The van der Waals surface area contributed by atoms with Gasteiger partial charge in [-0.15, -0.1) is 5.10 Å². The molecule has 1 fully saturated rings. The molecule has 1 N–H and O–H groups in total. The van der Waals surface area contributed by atoms with Gasteiger partial charge >= 0.3 is 0 Å². The van der Waals surface area contributed by atoms with Crippen LogP contribution in [0, 0.1) is 0 Å². The van der Waals surface area contributed by atoms with E-state index in [-0.39, 0.29) is 17.5 Å². The van der Waals surface area contributed by atoms with Crippen LogP contribution in [0.1, 0.15) is 24.7 Å². The van der Waals surface area contributed by atoms with Crippen molar-refractivity contribution >= 4 is 9.84 Å². The Labute approximate surface area is 94.1 Å². The van der Waals surface area contributed by atoms with E-state index in [0.717, 1.165) is 5.82 Å². The van der Waals surface area contributed by atoms with E-state index in [9.17, 15) is 8.42 Å². The lowest BCUT2D eigenvalue weighted by atomic mass is 10.1. The number of nitrogens with one attached hydrogen (secondary N) is 1. The first-order chi connectivity index (χ1) is 7.62. The molecule has 2 rings (SSSR count). The van der Waals surface area contributed by atoms with Crippen molar-refractivity contribution in [3.8, 4) is 0 Å². The van der Waals surface area contributed by atoms with Gasteiger partial charge in [0.15, 0.2) is 5.82 Å². The zero-order valence-corrected chi connectivity index (χ0v) is 9.94. The van der Waals surface area contributed by atoms with E-state index in [2.05, 4.69) is 20.8 Å². The number of rotatable bonds is 3. The fourth-order valence-electron chi connectivity index (χ4n) is 1.89. The molecule has 1 saturated heterocycles. The third-order valence-corrected chi connectivity index (χ3v) is 4.48. The molecule has 0 unspecified atom stereocenters. The molecule has 1 aromatic heterocycles. The predicted molar refractivity (Wildman–Crippen MR) is 57.5 cm³/mol. The molecule has 0 aromatic carbocycles. The Morgan fingerprint density at radius 1 is 1.44 bits per heavy atom. The van der Waals surface area contributed by atoms with Crippen LogP contribution in [0.4, 0.5) is 0 Å². The first-order valence-corrected chi connectivity index (χ1v) is 7.06. The summed E-state index contributed by atoms with van der Waals surface area (Å²) in [6, 6.07) is 0.113. The van der Waals surface area contributed by atoms with Gasteiger partial charge in [-0.3, -0.25) is 0 Å². The van der Waals surface area contributed by atoms with Gasteiger partial charge in [0, 0.05) is 0 Å². The van der Waals surface area contributed by atoms with Crippen molar-refractivity contribution in [2.24, 2.45) is 0 Å². The number of tetrazole rings is 1. The van der Waals surface area contributed by atoms with E-state index in [1.165, 1.54) is 0 Å². The average Bonchev–Trinajstić information content (AvgIpc) is 2.67. The van der Waals surface area contributed by atoms with Crippen LogP contribution in [0.5, 0.6) is 0 Å². The Balaban J connectivity index is 2.11. The molecular formula is C8H15N5O2S. The lowest BCUT2D eigenvalue weighted by Crippen LogP contribution is -2.28. The van der Waals surface area contributed by atoms with E-state index in [4.69, 9.17) is 0 Å². The largest absolute Gasteiger partial charge is 0.313 e. The number of sulfone groups is 1. The molecule has 0 bridgehead atoms. The highest BCUT2D eigenvalue weighted by atomic mass is 32.2. The van der Waals surface area contributed by atoms with E-state index in [1.807, 2.05) is 7.05 Å². The summed E-state index contributed by atoms with van der Waals surface area (Å²) in [5, 5.41) is 14.4. The quantitative estimate of drug-likeness (QED) is 0.745. The maximum absolute atomic E-state index is 11.3. The van der Waals surface area contributed by atoms with E-state index >= 15 is 0 Å². The highest BCUT2D eigenvalue weighted by Gasteiger charge is 2.26. The van der Waals surface area contributed by atoms with Gasteiger partial charge in [-0.25, -0.2) is 13.1 Å². The fraction of sp³-hybridized carbons (Fsp3) is 0.875. The highest BCUT2D eigenvalue weighted by molar-refractivity contribution is 7.91. The zero-order chi connectivity index (χ0) is 11.6. The van der Waals surface area contributed by atoms with Crippen molar-refractivity contribution in [2.45, 2.75) is 25.4 Å². The smallest absolute Gasteiger partial charge is 0.165 e. The predicted octanol–water partition coefficient (Wildman–Crippen LogP) is -0.858. The molecule has 0 saturated carbocycles. The van der Waals surface area contributed by atoms with Gasteiger partial charge in [0.25, 0.3) is 0 Å². The SMILES string of the molecule is CNCc1nnnn1C1CCS(=O)(=O)CC1. The van der Waals surface area contributed by atoms with Crippen LogP contribution in [-0.2, 0) is 16.4 Å². The Morgan fingerprint density at radius 3 is 2.75 bits per heavy atom. The number of hydrogen-bond donors (Lipinski definition) is 1. The maximum atomic E-state index is 11.3. The molecule has 0 spiro atoms. The van der Waals surface area contributed by atoms with Gasteiger partial charge in [-0.1, -0.05) is 0 Å². The van der Waals surface area contributed by atoms with Crippen molar-refractivity contribution in [3.05, 3.63) is 5.82 Å². The Hall–Kier alpha value is -1.02. The number of aromatic nitrogens is 4. The Morgan fingerprint density at radius 2 is 2.12 bits per heavy atom. The molecule has 0 amide bonds. The number of hydrogen-bond acceptors (Lipinski definition) is 6. The Kier molecular flexibility index (Phi) is 3.20. The van der Waals surface area contributed by atoms with Gasteiger partial charge in [-0.05, 0) is 30.3 Å². The highest BCUT2D eigenvalue weighted by Crippen LogP contribution is 2.23. The van der Waals surface area contributed by atoms with Crippen molar-refractivity contribution in [1.82, 2.24) is 25.5 Å². The second-order valence-corrected chi connectivity index (χ2v) is 6.26. The summed E-state index contributed by atoms with van der Waals surface area (Å²) < 4.78 is 24.3. The topological polar surface area (TPSA) is 89.8 Å². The molecule has 2 heterocycles.